The van der Waals surface area contributed by atoms with Crippen molar-refractivity contribution in [2.24, 2.45) is 0 Å². The molecule has 4 nitrogen and oxygen atoms in total. The van der Waals surface area contributed by atoms with Crippen LogP contribution < -0.4 is 0 Å². The van der Waals surface area contributed by atoms with Crippen LogP contribution in [0.2, 0.25) is 0 Å². The van der Waals surface area contributed by atoms with Gasteiger partial charge in [0, 0.05) is 22.3 Å². The predicted octanol–water partition coefficient (Wildman–Crippen LogP) is 9.04. The second kappa shape index (κ2) is 12.2. The van der Waals surface area contributed by atoms with E-state index >= 15 is 0 Å². The molecule has 4 aliphatic carbocycles. The van der Waals surface area contributed by atoms with E-state index in [0.29, 0.717) is 23.0 Å². The number of benzene rings is 4. The molecule has 0 saturated heterocycles. The van der Waals surface area contributed by atoms with E-state index in [9.17, 15) is 20.4 Å². The van der Waals surface area contributed by atoms with Gasteiger partial charge in [-0.2, -0.15) is 0 Å². The highest BCUT2D eigenvalue weighted by atomic mass is 16.3. The molecule has 4 aromatic rings. The highest BCUT2D eigenvalue weighted by molar-refractivity contribution is 5.84. The van der Waals surface area contributed by atoms with Crippen molar-refractivity contribution in [3.8, 4) is 45.3 Å². The van der Waals surface area contributed by atoms with Crippen molar-refractivity contribution >= 4 is 0 Å². The number of hydrogen-bond donors (Lipinski definition) is 4. The average Bonchev–Trinajstić information content (AvgIpc) is 3.06. The van der Waals surface area contributed by atoms with Crippen molar-refractivity contribution < 1.29 is 20.4 Å². The number of aryl methyl sites for hydroxylation is 4. The summed E-state index contributed by atoms with van der Waals surface area (Å²) in [5.74, 6) is 1.26. The van der Waals surface area contributed by atoms with Crippen molar-refractivity contribution in [1.29, 1.82) is 0 Å². The molecule has 0 saturated carbocycles. The van der Waals surface area contributed by atoms with Gasteiger partial charge < -0.3 is 20.4 Å². The second-order valence-electron chi connectivity index (χ2n) is 13.2. The SMILES string of the molecule is Oc1ccc2c(c1-c1c(O)ccc3c1CCCC3)CCCC2.Oc1ccc2c(c1-c1c(O)ccc3c1CCCC3)CCCC2. The van der Waals surface area contributed by atoms with Gasteiger partial charge in [0.05, 0.1) is 0 Å². The number of rotatable bonds is 2. The first-order valence-corrected chi connectivity index (χ1v) is 16.9. The molecule has 228 valence electrons. The maximum Gasteiger partial charge on any atom is 0.123 e. The van der Waals surface area contributed by atoms with Crippen molar-refractivity contribution in [3.63, 3.8) is 0 Å². The molecule has 4 aliphatic rings. The third-order valence-electron chi connectivity index (χ3n) is 10.5. The quantitative estimate of drug-likeness (QED) is 0.188. The Bertz CT molecular complexity index is 1460. The van der Waals surface area contributed by atoms with E-state index in [2.05, 4.69) is 24.3 Å². The van der Waals surface area contributed by atoms with Gasteiger partial charge in [-0.1, -0.05) is 24.3 Å². The van der Waals surface area contributed by atoms with Gasteiger partial charge in [0.15, 0.2) is 0 Å². The Morgan fingerprint density at radius 3 is 0.705 bits per heavy atom. The Kier molecular flexibility index (Phi) is 8.01. The Balaban J connectivity index is 0.000000142. The molecular weight excluding hydrogens is 544 g/mol. The number of hydrogen-bond acceptors (Lipinski definition) is 4. The maximum absolute atomic E-state index is 10.5. The lowest BCUT2D eigenvalue weighted by molar-refractivity contribution is 0.466. The first-order valence-electron chi connectivity index (χ1n) is 16.9. The molecule has 4 N–H and O–H groups in total. The summed E-state index contributed by atoms with van der Waals surface area (Å²) in [5, 5.41) is 42.1. The van der Waals surface area contributed by atoms with Crippen LogP contribution in [0, 0.1) is 0 Å². The highest BCUT2D eigenvalue weighted by Gasteiger charge is 2.26. The maximum atomic E-state index is 10.5. The Hall–Kier alpha value is -3.92. The van der Waals surface area contributed by atoms with E-state index < -0.39 is 0 Å². The molecule has 0 radical (unpaired) electrons. The topological polar surface area (TPSA) is 80.9 Å². The zero-order chi connectivity index (χ0) is 30.2. The largest absolute Gasteiger partial charge is 0.507 e. The Labute approximate surface area is 261 Å². The Morgan fingerprint density at radius 1 is 0.273 bits per heavy atom. The molecule has 44 heavy (non-hydrogen) atoms. The molecule has 0 aromatic heterocycles. The van der Waals surface area contributed by atoms with Gasteiger partial charge in [-0.15, -0.1) is 0 Å². The summed E-state index contributed by atoms with van der Waals surface area (Å²) >= 11 is 0. The van der Waals surface area contributed by atoms with Gasteiger partial charge in [-0.25, -0.2) is 0 Å². The minimum Gasteiger partial charge on any atom is -0.507 e. The van der Waals surface area contributed by atoms with Gasteiger partial charge in [-0.3, -0.25) is 0 Å². The monoisotopic (exact) mass is 588 g/mol. The van der Waals surface area contributed by atoms with Crippen molar-refractivity contribution in [3.05, 3.63) is 93.0 Å². The number of phenols is 4. The molecule has 0 spiro atoms. The van der Waals surface area contributed by atoms with E-state index in [1.54, 1.807) is 24.3 Å². The number of aromatic hydroxyl groups is 4. The molecule has 0 aliphatic heterocycles. The lowest BCUT2D eigenvalue weighted by Crippen LogP contribution is -2.08. The molecule has 8 rings (SSSR count). The molecule has 4 heteroatoms. The fourth-order valence-electron chi connectivity index (χ4n) is 8.38. The molecule has 0 bridgehead atoms. The van der Waals surface area contributed by atoms with Gasteiger partial charge in [0.1, 0.15) is 23.0 Å². The van der Waals surface area contributed by atoms with Crippen LogP contribution in [0.25, 0.3) is 22.3 Å². The summed E-state index contributed by atoms with van der Waals surface area (Å²) in [5.41, 5.74) is 13.9. The molecule has 0 amide bonds. The van der Waals surface area contributed by atoms with Crippen LogP contribution in [-0.2, 0) is 51.4 Å². The van der Waals surface area contributed by atoms with Crippen LogP contribution in [0.15, 0.2) is 48.5 Å². The third-order valence-corrected chi connectivity index (χ3v) is 10.5. The van der Waals surface area contributed by atoms with E-state index in [1.807, 2.05) is 0 Å². The van der Waals surface area contributed by atoms with Crippen LogP contribution >= 0.6 is 0 Å². The first-order chi connectivity index (χ1) is 21.5. The second-order valence-corrected chi connectivity index (χ2v) is 13.2. The Morgan fingerprint density at radius 2 is 0.477 bits per heavy atom. The zero-order valence-corrected chi connectivity index (χ0v) is 25.7. The first kappa shape index (κ1) is 28.8. The fraction of sp³-hybridized carbons (Fsp3) is 0.400. The van der Waals surface area contributed by atoms with Crippen LogP contribution in [-0.4, -0.2) is 20.4 Å². The molecule has 4 aromatic carbocycles. The van der Waals surface area contributed by atoms with Gasteiger partial charge in [0.2, 0.25) is 0 Å². The van der Waals surface area contributed by atoms with E-state index in [1.165, 1.54) is 95.9 Å². The van der Waals surface area contributed by atoms with Crippen molar-refractivity contribution in [2.45, 2.75) is 103 Å². The average molecular weight is 589 g/mol. The highest BCUT2D eigenvalue weighted by Crippen LogP contribution is 2.47. The number of phenolic OH excluding ortho intramolecular Hbond substituents is 4. The molecule has 0 atom stereocenters. The van der Waals surface area contributed by atoms with E-state index in [0.717, 1.165) is 73.6 Å². The van der Waals surface area contributed by atoms with Gasteiger partial charge in [-0.05, 0) is 172 Å². The fourth-order valence-corrected chi connectivity index (χ4v) is 8.38. The lowest BCUT2D eigenvalue weighted by atomic mass is 9.80. The van der Waals surface area contributed by atoms with Crippen molar-refractivity contribution in [1.82, 2.24) is 0 Å². The lowest BCUT2D eigenvalue weighted by Gasteiger charge is -2.25. The molecule has 0 fully saturated rings. The van der Waals surface area contributed by atoms with Crippen LogP contribution in [0.5, 0.6) is 23.0 Å². The normalized spacial score (nSPS) is 16.9. The summed E-state index contributed by atoms with van der Waals surface area (Å²) in [7, 11) is 0. The van der Waals surface area contributed by atoms with E-state index in [4.69, 9.17) is 0 Å². The minimum atomic E-state index is 0.315. The minimum absolute atomic E-state index is 0.315. The predicted molar refractivity (Wildman–Crippen MR) is 177 cm³/mol. The summed E-state index contributed by atoms with van der Waals surface area (Å²) in [4.78, 5) is 0. The molecule has 0 unspecified atom stereocenters. The summed E-state index contributed by atoms with van der Waals surface area (Å²) in [6.07, 6.45) is 17.9. The zero-order valence-electron chi connectivity index (χ0n) is 25.7. The van der Waals surface area contributed by atoms with Crippen LogP contribution in [0.3, 0.4) is 0 Å². The van der Waals surface area contributed by atoms with Crippen LogP contribution in [0.4, 0.5) is 0 Å². The van der Waals surface area contributed by atoms with Crippen LogP contribution in [0.1, 0.15) is 95.9 Å². The number of fused-ring (bicyclic) bond motifs is 4. The summed E-state index contributed by atoms with van der Waals surface area (Å²) in [6.45, 7) is 0. The third kappa shape index (κ3) is 5.23. The molecular formula is C40H44O4. The summed E-state index contributed by atoms with van der Waals surface area (Å²) in [6, 6.07) is 15.4. The van der Waals surface area contributed by atoms with E-state index in [-0.39, 0.29) is 0 Å². The molecule has 0 heterocycles. The summed E-state index contributed by atoms with van der Waals surface area (Å²) < 4.78 is 0. The van der Waals surface area contributed by atoms with Gasteiger partial charge >= 0.3 is 0 Å². The smallest absolute Gasteiger partial charge is 0.123 e. The standard InChI is InChI=1S/2C20H22O2/c2*21-17-11-9-13-5-1-3-7-15(13)19(17)20-16-8-4-2-6-14(16)10-12-18(20)22/h2*9-12,21-22H,1-8H2. The van der Waals surface area contributed by atoms with Crippen molar-refractivity contribution in [2.75, 3.05) is 0 Å². The van der Waals surface area contributed by atoms with Gasteiger partial charge in [0.25, 0.3) is 0 Å².